The summed E-state index contributed by atoms with van der Waals surface area (Å²) in [5.74, 6) is 0. The molecule has 0 bridgehead atoms. The molecule has 1 rings (SSSR count). The number of benzene rings is 1. The quantitative estimate of drug-likeness (QED) is 0.598. The molecule has 0 spiro atoms. The van der Waals surface area contributed by atoms with Gasteiger partial charge in [0, 0.05) is 5.69 Å². The minimum absolute atomic E-state index is 0.466. The second-order valence-corrected chi connectivity index (χ2v) is 4.95. The van der Waals surface area contributed by atoms with E-state index >= 15 is 0 Å². The third-order valence-corrected chi connectivity index (χ3v) is 2.89. The van der Waals surface area contributed by atoms with Crippen molar-refractivity contribution in [3.8, 4) is 0 Å². The Bertz CT molecular complexity index is 369. The van der Waals surface area contributed by atoms with Crippen LogP contribution >= 0.6 is 0 Å². The summed E-state index contributed by atoms with van der Waals surface area (Å²) in [4.78, 5) is 0. The van der Waals surface area contributed by atoms with Gasteiger partial charge in [-0.3, -0.25) is 0 Å². The Morgan fingerprint density at radius 1 is 1.38 bits per heavy atom. The normalized spacial score (nSPS) is 11.8. The van der Waals surface area contributed by atoms with Gasteiger partial charge in [-0.25, -0.2) is 0 Å². The maximum Gasteiger partial charge on any atom is 0.0717 e. The van der Waals surface area contributed by atoms with Crippen LogP contribution in [0.15, 0.2) is 12.1 Å². The molecule has 2 nitrogen and oxygen atoms in total. The van der Waals surface area contributed by atoms with Crippen LogP contribution in [0.5, 0.6) is 0 Å². The number of hydrogen-bond acceptors (Lipinski definition) is 2. The Labute approximate surface area is 99.3 Å². The fraction of sp³-hybridized carbons (Fsp3) is 0.538. The molecule has 1 aromatic carbocycles. The first-order valence-electron chi connectivity index (χ1n) is 5.64. The molecule has 0 saturated carbocycles. The summed E-state index contributed by atoms with van der Waals surface area (Å²) >= 11 is 0. The van der Waals surface area contributed by atoms with E-state index in [1.807, 2.05) is 19.1 Å². The van der Waals surface area contributed by atoms with Crippen molar-refractivity contribution in [2.45, 2.75) is 45.5 Å². The maximum atomic E-state index is 9.69. The van der Waals surface area contributed by atoms with Crippen molar-refractivity contribution in [2.75, 3.05) is 5.73 Å². The molecule has 3 heteroatoms. The fourth-order valence-electron chi connectivity index (χ4n) is 1.75. The van der Waals surface area contributed by atoms with E-state index in [0.717, 1.165) is 28.8 Å². The molecule has 16 heavy (non-hydrogen) atoms. The van der Waals surface area contributed by atoms with Gasteiger partial charge in [-0.2, -0.15) is 0 Å². The lowest BCUT2D eigenvalue weighted by Crippen LogP contribution is -2.19. The van der Waals surface area contributed by atoms with Gasteiger partial charge < -0.3 is 10.8 Å². The zero-order valence-electron chi connectivity index (χ0n) is 10.4. The molecule has 0 fully saturated rings. The summed E-state index contributed by atoms with van der Waals surface area (Å²) in [6.07, 6.45) is 1.95. The van der Waals surface area contributed by atoms with Gasteiger partial charge in [-0.15, -0.1) is 0 Å². The Balaban J connectivity index is 2.90. The highest BCUT2D eigenvalue weighted by molar-refractivity contribution is 6.09. The van der Waals surface area contributed by atoms with Crippen LogP contribution in [-0.2, 0) is 12.7 Å². The van der Waals surface area contributed by atoms with Crippen LogP contribution in [0, 0.1) is 6.92 Å². The molecule has 0 atom stereocenters. The first-order chi connectivity index (χ1) is 7.35. The average molecular weight is 217 g/mol. The Morgan fingerprint density at radius 3 is 2.50 bits per heavy atom. The number of hydrogen-bond donors (Lipinski definition) is 2. The highest BCUT2D eigenvalue weighted by Gasteiger charge is 2.14. The van der Waals surface area contributed by atoms with E-state index in [0.29, 0.717) is 12.7 Å². The van der Waals surface area contributed by atoms with Gasteiger partial charge in [0.15, 0.2) is 0 Å². The van der Waals surface area contributed by atoms with Gasteiger partial charge in [0.25, 0.3) is 0 Å². The zero-order chi connectivity index (χ0) is 12.3. The number of anilines is 1. The van der Waals surface area contributed by atoms with E-state index in [1.54, 1.807) is 13.8 Å². The van der Waals surface area contributed by atoms with Crippen molar-refractivity contribution in [2.24, 2.45) is 0 Å². The Hall–Kier alpha value is -0.955. The number of aliphatic hydroxyl groups is 1. The molecule has 3 N–H and O–H groups in total. The van der Waals surface area contributed by atoms with Crippen LogP contribution in [0.3, 0.4) is 0 Å². The summed E-state index contributed by atoms with van der Waals surface area (Å²) in [5, 5.41) is 9.69. The SMILES string of the molecule is [B]Cc1c(C)ccc(CCC(C)(C)O)c1N. The van der Waals surface area contributed by atoms with Crippen LogP contribution in [-0.4, -0.2) is 18.6 Å². The van der Waals surface area contributed by atoms with Crippen molar-refractivity contribution < 1.29 is 5.11 Å². The fourth-order valence-corrected chi connectivity index (χ4v) is 1.75. The molecule has 0 aliphatic rings. The molecular weight excluding hydrogens is 197 g/mol. The molecule has 0 unspecified atom stereocenters. The predicted molar refractivity (Wildman–Crippen MR) is 69.7 cm³/mol. The average Bonchev–Trinajstić information content (AvgIpc) is 2.16. The molecule has 0 aliphatic carbocycles. The van der Waals surface area contributed by atoms with Crippen molar-refractivity contribution in [3.63, 3.8) is 0 Å². The second-order valence-electron chi connectivity index (χ2n) is 4.95. The maximum absolute atomic E-state index is 9.69. The Morgan fingerprint density at radius 2 is 2.00 bits per heavy atom. The minimum atomic E-state index is -0.653. The summed E-state index contributed by atoms with van der Waals surface area (Å²) < 4.78 is 0. The first kappa shape index (κ1) is 13.1. The molecule has 0 heterocycles. The summed E-state index contributed by atoms with van der Waals surface area (Å²) in [6, 6.07) is 4.06. The standard InChI is InChI=1S/C13H20BNO/c1-9-4-5-10(6-7-13(2,3)16)12(15)11(9)8-14/h4-5,16H,6-8,15H2,1-3H3. The van der Waals surface area contributed by atoms with Crippen LogP contribution in [0.1, 0.15) is 37.0 Å². The molecule has 0 aliphatic heterocycles. The highest BCUT2D eigenvalue weighted by Crippen LogP contribution is 2.24. The third kappa shape index (κ3) is 3.27. The van der Waals surface area contributed by atoms with Gasteiger partial charge >= 0.3 is 0 Å². The van der Waals surface area contributed by atoms with E-state index in [4.69, 9.17) is 13.6 Å². The monoisotopic (exact) mass is 217 g/mol. The highest BCUT2D eigenvalue weighted by atomic mass is 16.3. The van der Waals surface area contributed by atoms with Crippen molar-refractivity contribution in [1.82, 2.24) is 0 Å². The number of nitrogen functional groups attached to an aromatic ring is 1. The first-order valence-corrected chi connectivity index (χ1v) is 5.64. The molecule has 0 saturated heterocycles. The zero-order valence-corrected chi connectivity index (χ0v) is 10.4. The van der Waals surface area contributed by atoms with Crippen LogP contribution in [0.2, 0.25) is 0 Å². The predicted octanol–water partition coefficient (Wildman–Crippen LogP) is 1.95. The van der Waals surface area contributed by atoms with E-state index in [9.17, 15) is 5.11 Å². The van der Waals surface area contributed by atoms with Crippen molar-refractivity contribution in [3.05, 3.63) is 28.8 Å². The summed E-state index contributed by atoms with van der Waals surface area (Å²) in [7, 11) is 5.67. The van der Waals surface area contributed by atoms with E-state index in [2.05, 4.69) is 0 Å². The molecule has 2 radical (unpaired) electrons. The van der Waals surface area contributed by atoms with E-state index < -0.39 is 5.60 Å². The van der Waals surface area contributed by atoms with Gasteiger partial charge in [0.1, 0.15) is 0 Å². The number of rotatable bonds is 4. The molecule has 0 amide bonds. The number of nitrogens with two attached hydrogens (primary N) is 1. The van der Waals surface area contributed by atoms with Crippen molar-refractivity contribution >= 4 is 13.5 Å². The number of aryl methyl sites for hydroxylation is 2. The molecule has 86 valence electrons. The van der Waals surface area contributed by atoms with Crippen LogP contribution in [0.4, 0.5) is 5.69 Å². The van der Waals surface area contributed by atoms with Crippen molar-refractivity contribution in [1.29, 1.82) is 0 Å². The Kier molecular flexibility index (Phi) is 4.03. The lowest BCUT2D eigenvalue weighted by atomic mass is 9.88. The van der Waals surface area contributed by atoms with Crippen LogP contribution in [0.25, 0.3) is 0 Å². The van der Waals surface area contributed by atoms with E-state index in [-0.39, 0.29) is 0 Å². The van der Waals surface area contributed by atoms with Gasteiger partial charge in [-0.1, -0.05) is 18.5 Å². The van der Waals surface area contributed by atoms with Gasteiger partial charge in [-0.05, 0) is 50.3 Å². The van der Waals surface area contributed by atoms with Crippen LogP contribution < -0.4 is 5.73 Å². The largest absolute Gasteiger partial charge is 0.398 e. The van der Waals surface area contributed by atoms with Gasteiger partial charge in [0.05, 0.1) is 13.4 Å². The lowest BCUT2D eigenvalue weighted by molar-refractivity contribution is 0.0714. The van der Waals surface area contributed by atoms with E-state index in [1.165, 1.54) is 0 Å². The molecular formula is C13H20BNO. The third-order valence-electron chi connectivity index (χ3n) is 2.89. The summed E-state index contributed by atoms with van der Waals surface area (Å²) in [5.41, 5.74) is 9.42. The molecule has 0 aromatic heterocycles. The topological polar surface area (TPSA) is 46.2 Å². The summed E-state index contributed by atoms with van der Waals surface area (Å²) in [6.45, 7) is 5.63. The second kappa shape index (κ2) is 4.92. The lowest BCUT2D eigenvalue weighted by Gasteiger charge is -2.19. The smallest absolute Gasteiger partial charge is 0.0717 e. The molecule has 1 aromatic rings. The van der Waals surface area contributed by atoms with Gasteiger partial charge in [0.2, 0.25) is 0 Å². The minimum Gasteiger partial charge on any atom is -0.398 e.